The molecular formula is C20H21N3S. The summed E-state index contributed by atoms with van der Waals surface area (Å²) in [4.78, 5) is 10.2. The molecule has 3 aromatic rings. The van der Waals surface area contributed by atoms with Crippen molar-refractivity contribution in [3.05, 3.63) is 83.7 Å². The van der Waals surface area contributed by atoms with Gasteiger partial charge in [0.1, 0.15) is 0 Å². The molecular weight excluding hydrogens is 314 g/mol. The summed E-state index contributed by atoms with van der Waals surface area (Å²) in [6.07, 6.45) is 5.83. The van der Waals surface area contributed by atoms with Crippen molar-refractivity contribution in [1.82, 2.24) is 9.97 Å². The number of nitrogens with one attached hydrogen (secondary N) is 1. The fourth-order valence-corrected chi connectivity index (χ4v) is 2.87. The van der Waals surface area contributed by atoms with Crippen molar-refractivity contribution in [2.24, 2.45) is 0 Å². The average Bonchev–Trinajstić information content (AvgIpc) is 2.66. The van der Waals surface area contributed by atoms with Crippen LogP contribution in [0.5, 0.6) is 0 Å². The maximum absolute atomic E-state index is 4.61. The summed E-state index contributed by atoms with van der Waals surface area (Å²) in [5, 5.41) is 3.29. The minimum absolute atomic E-state index is 0.689. The van der Waals surface area contributed by atoms with E-state index in [2.05, 4.69) is 57.9 Å². The quantitative estimate of drug-likeness (QED) is 0.641. The molecule has 0 bridgehead atoms. The van der Waals surface area contributed by atoms with Crippen LogP contribution in [0.2, 0.25) is 0 Å². The van der Waals surface area contributed by atoms with Crippen LogP contribution in [-0.4, -0.2) is 16.2 Å². The van der Waals surface area contributed by atoms with Gasteiger partial charge in [-0.15, -0.1) is 11.8 Å². The zero-order valence-electron chi connectivity index (χ0n) is 13.8. The zero-order chi connectivity index (χ0) is 16.6. The third-order valence-electron chi connectivity index (χ3n) is 3.84. The fraction of sp³-hybridized carbons (Fsp3) is 0.200. The van der Waals surface area contributed by atoms with Gasteiger partial charge in [-0.2, -0.15) is 0 Å². The SMILES string of the molecule is CSc1ccc(CCc2ccnc(NCc3ccccc3)n2)cc1. The van der Waals surface area contributed by atoms with Crippen LogP contribution in [0.4, 0.5) is 5.95 Å². The van der Waals surface area contributed by atoms with Gasteiger partial charge in [-0.25, -0.2) is 9.97 Å². The smallest absolute Gasteiger partial charge is 0.223 e. The molecule has 24 heavy (non-hydrogen) atoms. The van der Waals surface area contributed by atoms with Gasteiger partial charge in [0.2, 0.25) is 5.95 Å². The highest BCUT2D eigenvalue weighted by atomic mass is 32.2. The van der Waals surface area contributed by atoms with E-state index in [1.807, 2.05) is 30.5 Å². The molecule has 0 aliphatic heterocycles. The molecule has 122 valence electrons. The molecule has 4 heteroatoms. The molecule has 0 aliphatic rings. The highest BCUT2D eigenvalue weighted by Crippen LogP contribution is 2.16. The molecule has 1 aromatic heterocycles. The first kappa shape index (κ1) is 16.5. The third kappa shape index (κ3) is 4.83. The topological polar surface area (TPSA) is 37.8 Å². The van der Waals surface area contributed by atoms with Crippen LogP contribution in [0.1, 0.15) is 16.8 Å². The van der Waals surface area contributed by atoms with Crippen molar-refractivity contribution in [2.75, 3.05) is 11.6 Å². The molecule has 1 heterocycles. The predicted octanol–water partition coefficient (Wildman–Crippen LogP) is 4.60. The Balaban J connectivity index is 1.56. The lowest BCUT2D eigenvalue weighted by Gasteiger charge is -2.07. The summed E-state index contributed by atoms with van der Waals surface area (Å²) in [6, 6.07) is 21.0. The van der Waals surface area contributed by atoms with E-state index in [9.17, 15) is 0 Å². The highest BCUT2D eigenvalue weighted by molar-refractivity contribution is 7.98. The number of hydrogen-bond acceptors (Lipinski definition) is 4. The average molecular weight is 335 g/mol. The largest absolute Gasteiger partial charge is 0.350 e. The van der Waals surface area contributed by atoms with E-state index in [0.717, 1.165) is 25.1 Å². The van der Waals surface area contributed by atoms with Gasteiger partial charge in [0, 0.05) is 23.3 Å². The Morgan fingerprint density at radius 2 is 1.67 bits per heavy atom. The van der Waals surface area contributed by atoms with E-state index in [1.165, 1.54) is 16.0 Å². The van der Waals surface area contributed by atoms with E-state index < -0.39 is 0 Å². The number of thioether (sulfide) groups is 1. The van der Waals surface area contributed by atoms with E-state index in [-0.39, 0.29) is 0 Å². The van der Waals surface area contributed by atoms with Crippen molar-refractivity contribution < 1.29 is 0 Å². The first-order valence-corrected chi connectivity index (χ1v) is 9.28. The normalized spacial score (nSPS) is 10.5. The summed E-state index contributed by atoms with van der Waals surface area (Å²) in [5.74, 6) is 0.689. The van der Waals surface area contributed by atoms with E-state index in [1.54, 1.807) is 11.8 Å². The predicted molar refractivity (Wildman–Crippen MR) is 101 cm³/mol. The second kappa shape index (κ2) is 8.50. The van der Waals surface area contributed by atoms with Gasteiger partial charge in [0.25, 0.3) is 0 Å². The van der Waals surface area contributed by atoms with Gasteiger partial charge in [-0.1, -0.05) is 42.5 Å². The minimum Gasteiger partial charge on any atom is -0.350 e. The summed E-state index contributed by atoms with van der Waals surface area (Å²) in [5.41, 5.74) is 3.63. The van der Waals surface area contributed by atoms with Gasteiger partial charge in [0.05, 0.1) is 0 Å². The molecule has 3 rings (SSSR count). The Morgan fingerprint density at radius 3 is 2.42 bits per heavy atom. The zero-order valence-corrected chi connectivity index (χ0v) is 14.6. The van der Waals surface area contributed by atoms with E-state index >= 15 is 0 Å². The van der Waals surface area contributed by atoms with Gasteiger partial charge in [0.15, 0.2) is 0 Å². The molecule has 2 aromatic carbocycles. The van der Waals surface area contributed by atoms with Gasteiger partial charge >= 0.3 is 0 Å². The van der Waals surface area contributed by atoms with Crippen LogP contribution < -0.4 is 5.32 Å². The molecule has 0 aliphatic carbocycles. The van der Waals surface area contributed by atoms with E-state index in [0.29, 0.717) is 5.95 Å². The van der Waals surface area contributed by atoms with Crippen molar-refractivity contribution >= 4 is 17.7 Å². The second-order valence-corrected chi connectivity index (χ2v) is 6.44. The number of nitrogens with zero attached hydrogens (tertiary/aromatic N) is 2. The van der Waals surface area contributed by atoms with E-state index in [4.69, 9.17) is 0 Å². The first-order chi connectivity index (χ1) is 11.8. The molecule has 0 amide bonds. The third-order valence-corrected chi connectivity index (χ3v) is 4.58. The van der Waals surface area contributed by atoms with Crippen molar-refractivity contribution in [3.63, 3.8) is 0 Å². The molecule has 0 saturated heterocycles. The Morgan fingerprint density at radius 1 is 0.875 bits per heavy atom. The Kier molecular flexibility index (Phi) is 5.85. The maximum atomic E-state index is 4.61. The number of anilines is 1. The first-order valence-electron chi connectivity index (χ1n) is 8.06. The fourth-order valence-electron chi connectivity index (χ4n) is 2.46. The molecule has 0 atom stereocenters. The van der Waals surface area contributed by atoms with Gasteiger partial charge < -0.3 is 5.32 Å². The number of benzene rings is 2. The lowest BCUT2D eigenvalue weighted by Crippen LogP contribution is -2.05. The standard InChI is InChI=1S/C20H21N3S/c1-24-19-11-8-16(9-12-19)7-10-18-13-14-21-20(23-18)22-15-17-5-3-2-4-6-17/h2-6,8-9,11-14H,7,10,15H2,1H3,(H,21,22,23). The summed E-state index contributed by atoms with van der Waals surface area (Å²) >= 11 is 1.77. The molecule has 0 unspecified atom stereocenters. The minimum atomic E-state index is 0.689. The summed E-state index contributed by atoms with van der Waals surface area (Å²) < 4.78 is 0. The number of hydrogen-bond donors (Lipinski definition) is 1. The molecule has 0 fully saturated rings. The van der Waals surface area contributed by atoms with Crippen LogP contribution in [0.15, 0.2) is 71.8 Å². The highest BCUT2D eigenvalue weighted by Gasteiger charge is 2.01. The van der Waals surface area contributed by atoms with Crippen LogP contribution in [0.3, 0.4) is 0 Å². The number of aromatic nitrogens is 2. The molecule has 0 saturated carbocycles. The van der Waals surface area contributed by atoms with Crippen LogP contribution >= 0.6 is 11.8 Å². The molecule has 0 radical (unpaired) electrons. The lowest BCUT2D eigenvalue weighted by atomic mass is 10.1. The Bertz CT molecular complexity index is 757. The Hall–Kier alpha value is -2.33. The molecule has 0 spiro atoms. The van der Waals surface area contributed by atoms with Gasteiger partial charge in [-0.05, 0) is 48.4 Å². The monoisotopic (exact) mass is 335 g/mol. The van der Waals surface area contributed by atoms with Crippen LogP contribution in [-0.2, 0) is 19.4 Å². The lowest BCUT2D eigenvalue weighted by molar-refractivity contribution is 0.895. The summed E-state index contributed by atoms with van der Waals surface area (Å²) in [7, 11) is 0. The van der Waals surface area contributed by atoms with Crippen LogP contribution in [0.25, 0.3) is 0 Å². The molecule has 3 nitrogen and oxygen atoms in total. The maximum Gasteiger partial charge on any atom is 0.223 e. The van der Waals surface area contributed by atoms with Crippen molar-refractivity contribution in [3.8, 4) is 0 Å². The number of aryl methyl sites for hydroxylation is 2. The van der Waals surface area contributed by atoms with Crippen molar-refractivity contribution in [1.29, 1.82) is 0 Å². The molecule has 1 N–H and O–H groups in total. The van der Waals surface area contributed by atoms with Crippen LogP contribution in [0, 0.1) is 0 Å². The van der Waals surface area contributed by atoms with Gasteiger partial charge in [-0.3, -0.25) is 0 Å². The Labute approximate surface area is 147 Å². The second-order valence-electron chi connectivity index (χ2n) is 5.56. The number of rotatable bonds is 7. The van der Waals surface area contributed by atoms with Crippen molar-refractivity contribution in [2.45, 2.75) is 24.3 Å². The summed E-state index contributed by atoms with van der Waals surface area (Å²) in [6.45, 7) is 0.737.